The van der Waals surface area contributed by atoms with Crippen molar-refractivity contribution in [3.05, 3.63) is 65.4 Å². The number of nitrogens with one attached hydrogen (secondary N) is 1. The standard InChI is InChI=1S/C18H16N2O2.CH4/c1-11-5-8-15(12(2)10-11)20-18(22)14-7-6-13-4-3-9-19-16(13)17(14)21;/h3-10,21H,1-2H3,(H,20,22);1H4. The number of pyridine rings is 1. The number of fused-ring (bicyclic) bond motifs is 1. The first-order valence-corrected chi connectivity index (χ1v) is 7.01. The Balaban J connectivity index is 0.00000192. The number of aromatic nitrogens is 1. The van der Waals surface area contributed by atoms with E-state index in [2.05, 4.69) is 10.3 Å². The fourth-order valence-corrected chi connectivity index (χ4v) is 2.46. The Morgan fingerprint density at radius 1 is 1.13 bits per heavy atom. The van der Waals surface area contributed by atoms with Crippen molar-refractivity contribution in [2.75, 3.05) is 5.32 Å². The average molecular weight is 308 g/mol. The molecule has 0 radical (unpaired) electrons. The molecule has 0 aliphatic carbocycles. The maximum atomic E-state index is 12.4. The molecule has 0 saturated heterocycles. The number of aromatic hydroxyl groups is 1. The van der Waals surface area contributed by atoms with Gasteiger partial charge in [-0.3, -0.25) is 9.78 Å². The van der Waals surface area contributed by atoms with Crippen LogP contribution in [0.25, 0.3) is 10.9 Å². The number of rotatable bonds is 2. The summed E-state index contributed by atoms with van der Waals surface area (Å²) in [6, 6.07) is 12.8. The third-order valence-corrected chi connectivity index (χ3v) is 3.62. The molecule has 0 fully saturated rings. The van der Waals surface area contributed by atoms with E-state index in [4.69, 9.17) is 0 Å². The molecule has 2 aromatic carbocycles. The summed E-state index contributed by atoms with van der Waals surface area (Å²) in [7, 11) is 0. The molecule has 2 N–H and O–H groups in total. The van der Waals surface area contributed by atoms with Crippen LogP contribution in [-0.4, -0.2) is 16.0 Å². The molecule has 0 aliphatic heterocycles. The quantitative estimate of drug-likeness (QED) is 0.735. The number of amides is 1. The van der Waals surface area contributed by atoms with Gasteiger partial charge in [0.25, 0.3) is 5.91 Å². The number of anilines is 1. The molecule has 0 saturated carbocycles. The van der Waals surface area contributed by atoms with Gasteiger partial charge in [-0.1, -0.05) is 37.3 Å². The maximum absolute atomic E-state index is 12.4. The summed E-state index contributed by atoms with van der Waals surface area (Å²) in [5.74, 6) is -0.447. The average Bonchev–Trinajstić information content (AvgIpc) is 2.50. The second kappa shape index (κ2) is 6.48. The van der Waals surface area contributed by atoms with Crippen molar-refractivity contribution in [1.29, 1.82) is 0 Å². The van der Waals surface area contributed by atoms with Gasteiger partial charge in [-0.05, 0) is 37.6 Å². The highest BCUT2D eigenvalue weighted by molar-refractivity contribution is 6.09. The van der Waals surface area contributed by atoms with Crippen molar-refractivity contribution < 1.29 is 9.90 Å². The fraction of sp³-hybridized carbons (Fsp3) is 0.158. The minimum atomic E-state index is -0.350. The summed E-state index contributed by atoms with van der Waals surface area (Å²) >= 11 is 0. The van der Waals surface area contributed by atoms with Gasteiger partial charge in [0.1, 0.15) is 5.52 Å². The predicted molar refractivity (Wildman–Crippen MR) is 94.0 cm³/mol. The van der Waals surface area contributed by atoms with E-state index in [1.807, 2.05) is 38.1 Å². The summed E-state index contributed by atoms with van der Waals surface area (Å²) in [6.45, 7) is 3.93. The molecule has 3 aromatic rings. The minimum absolute atomic E-state index is 0. The first kappa shape index (κ1) is 16.5. The number of hydrogen-bond donors (Lipinski definition) is 2. The first-order valence-electron chi connectivity index (χ1n) is 7.01. The van der Waals surface area contributed by atoms with Crippen molar-refractivity contribution in [2.24, 2.45) is 0 Å². The fourth-order valence-electron chi connectivity index (χ4n) is 2.46. The van der Waals surface area contributed by atoms with Crippen molar-refractivity contribution in [3.8, 4) is 5.75 Å². The van der Waals surface area contributed by atoms with Gasteiger partial charge in [-0.25, -0.2) is 0 Å². The molecule has 1 amide bonds. The SMILES string of the molecule is C.Cc1ccc(NC(=O)c2ccc3cccnc3c2O)c(C)c1. The zero-order valence-corrected chi connectivity index (χ0v) is 12.4. The zero-order valence-electron chi connectivity index (χ0n) is 12.4. The lowest BCUT2D eigenvalue weighted by Crippen LogP contribution is -2.13. The number of aryl methyl sites for hydroxylation is 2. The number of nitrogens with zero attached hydrogens (tertiary/aromatic N) is 1. The van der Waals surface area contributed by atoms with Crippen LogP contribution in [0.4, 0.5) is 5.69 Å². The molecule has 3 rings (SSSR count). The summed E-state index contributed by atoms with van der Waals surface area (Å²) in [5.41, 5.74) is 3.48. The highest BCUT2D eigenvalue weighted by atomic mass is 16.3. The molecule has 4 nitrogen and oxygen atoms in total. The highest BCUT2D eigenvalue weighted by Gasteiger charge is 2.15. The van der Waals surface area contributed by atoms with Crippen LogP contribution in [0.3, 0.4) is 0 Å². The molecule has 118 valence electrons. The third kappa shape index (κ3) is 3.16. The van der Waals surface area contributed by atoms with E-state index < -0.39 is 0 Å². The van der Waals surface area contributed by atoms with Crippen molar-refractivity contribution in [1.82, 2.24) is 4.98 Å². The molecule has 1 heterocycles. The van der Waals surface area contributed by atoms with Gasteiger partial charge in [-0.2, -0.15) is 0 Å². The lowest BCUT2D eigenvalue weighted by Gasteiger charge is -2.11. The molecule has 0 unspecified atom stereocenters. The third-order valence-electron chi connectivity index (χ3n) is 3.62. The Morgan fingerprint density at radius 3 is 2.65 bits per heavy atom. The van der Waals surface area contributed by atoms with E-state index in [0.717, 1.165) is 22.2 Å². The van der Waals surface area contributed by atoms with Crippen LogP contribution < -0.4 is 5.32 Å². The summed E-state index contributed by atoms with van der Waals surface area (Å²) < 4.78 is 0. The second-order valence-corrected chi connectivity index (χ2v) is 5.31. The largest absolute Gasteiger partial charge is 0.505 e. The molecule has 4 heteroatoms. The van der Waals surface area contributed by atoms with E-state index in [9.17, 15) is 9.90 Å². The minimum Gasteiger partial charge on any atom is -0.505 e. The number of carbonyl (C=O) groups excluding carboxylic acids is 1. The Labute approximate surface area is 135 Å². The van der Waals surface area contributed by atoms with Gasteiger partial charge < -0.3 is 10.4 Å². The second-order valence-electron chi connectivity index (χ2n) is 5.31. The van der Waals surface area contributed by atoms with Crippen molar-refractivity contribution in [2.45, 2.75) is 21.3 Å². The van der Waals surface area contributed by atoms with Crippen LogP contribution >= 0.6 is 0 Å². The summed E-state index contributed by atoms with van der Waals surface area (Å²) in [4.78, 5) is 16.5. The Bertz CT molecular complexity index is 872. The van der Waals surface area contributed by atoms with Gasteiger partial charge >= 0.3 is 0 Å². The van der Waals surface area contributed by atoms with Crippen LogP contribution in [-0.2, 0) is 0 Å². The van der Waals surface area contributed by atoms with Gasteiger partial charge in [0.05, 0.1) is 5.56 Å². The molecule has 0 aliphatic rings. The monoisotopic (exact) mass is 308 g/mol. The smallest absolute Gasteiger partial charge is 0.259 e. The molecular formula is C19H20N2O2. The van der Waals surface area contributed by atoms with E-state index in [1.165, 1.54) is 0 Å². The van der Waals surface area contributed by atoms with Crippen LogP contribution in [0, 0.1) is 13.8 Å². The molecule has 0 atom stereocenters. The van der Waals surface area contributed by atoms with Gasteiger partial charge in [-0.15, -0.1) is 0 Å². The van der Waals surface area contributed by atoms with Gasteiger partial charge in [0, 0.05) is 17.3 Å². The normalized spacial score (nSPS) is 10.2. The number of phenolic OH excluding ortho intramolecular Hbond substituents is 1. The van der Waals surface area contributed by atoms with E-state index in [1.54, 1.807) is 24.4 Å². The van der Waals surface area contributed by atoms with E-state index in [-0.39, 0.29) is 24.6 Å². The van der Waals surface area contributed by atoms with E-state index >= 15 is 0 Å². The Kier molecular flexibility index (Phi) is 4.65. The molecular weight excluding hydrogens is 288 g/mol. The first-order chi connectivity index (χ1) is 10.6. The van der Waals surface area contributed by atoms with Crippen molar-refractivity contribution in [3.63, 3.8) is 0 Å². The Hall–Kier alpha value is -2.88. The Morgan fingerprint density at radius 2 is 1.91 bits per heavy atom. The highest BCUT2D eigenvalue weighted by Crippen LogP contribution is 2.27. The summed E-state index contributed by atoms with van der Waals surface area (Å²) in [6.07, 6.45) is 1.59. The lowest BCUT2D eigenvalue weighted by atomic mass is 10.1. The maximum Gasteiger partial charge on any atom is 0.259 e. The van der Waals surface area contributed by atoms with Crippen molar-refractivity contribution >= 4 is 22.5 Å². The van der Waals surface area contributed by atoms with Gasteiger partial charge in [0.2, 0.25) is 0 Å². The topological polar surface area (TPSA) is 62.2 Å². The number of hydrogen-bond acceptors (Lipinski definition) is 3. The summed E-state index contributed by atoms with van der Waals surface area (Å²) in [5, 5.41) is 13.9. The van der Waals surface area contributed by atoms with Gasteiger partial charge in [0.15, 0.2) is 5.75 Å². The van der Waals surface area contributed by atoms with Crippen LogP contribution in [0.2, 0.25) is 0 Å². The lowest BCUT2D eigenvalue weighted by molar-refractivity contribution is 0.102. The van der Waals surface area contributed by atoms with Crippen LogP contribution in [0.15, 0.2) is 48.7 Å². The van der Waals surface area contributed by atoms with Crippen LogP contribution in [0.5, 0.6) is 5.75 Å². The molecule has 0 bridgehead atoms. The zero-order chi connectivity index (χ0) is 15.7. The number of carbonyl (C=O) groups is 1. The predicted octanol–water partition coefficient (Wildman–Crippen LogP) is 4.45. The number of phenols is 1. The van der Waals surface area contributed by atoms with E-state index in [0.29, 0.717) is 5.52 Å². The number of benzene rings is 2. The molecule has 0 spiro atoms. The van der Waals surface area contributed by atoms with Crippen LogP contribution in [0.1, 0.15) is 28.9 Å². The molecule has 1 aromatic heterocycles. The molecule has 23 heavy (non-hydrogen) atoms.